The smallest absolute Gasteiger partial charge is 0.305 e. The summed E-state index contributed by atoms with van der Waals surface area (Å²) < 4.78 is 28.2. The Hall–Kier alpha value is -1.11. The summed E-state index contributed by atoms with van der Waals surface area (Å²) in [6.45, 7) is 3.06. The first-order valence-corrected chi connectivity index (χ1v) is 8.97. The van der Waals surface area contributed by atoms with Crippen LogP contribution in [0.15, 0.2) is 23.1 Å². The molecule has 0 bridgehead atoms. The normalized spacial score (nSPS) is 11.4. The average molecular weight is 334 g/mol. The third-order valence-corrected chi connectivity index (χ3v) is 4.35. The summed E-state index contributed by atoms with van der Waals surface area (Å²) in [6, 6.07) is 4.81. The van der Waals surface area contributed by atoms with Crippen molar-refractivity contribution in [1.29, 1.82) is 0 Å². The molecule has 0 aliphatic heterocycles. The van der Waals surface area contributed by atoms with Crippen LogP contribution in [0.1, 0.15) is 25.3 Å². The summed E-state index contributed by atoms with van der Waals surface area (Å²) in [5, 5.41) is 3.51. The van der Waals surface area contributed by atoms with Gasteiger partial charge in [-0.1, -0.05) is 17.7 Å². The molecular weight excluding hydrogens is 314 g/mol. The Balaban J connectivity index is 2.55. The third-order valence-electron chi connectivity index (χ3n) is 2.82. The molecule has 5 nitrogen and oxygen atoms in total. The number of rotatable bonds is 8. The molecule has 0 saturated carbocycles. The van der Waals surface area contributed by atoms with Crippen LogP contribution >= 0.6 is 11.6 Å². The molecular formula is C14H20ClNO4S. The molecule has 0 aromatic heterocycles. The van der Waals surface area contributed by atoms with Crippen molar-refractivity contribution in [2.75, 3.05) is 19.4 Å². The van der Waals surface area contributed by atoms with E-state index in [4.69, 9.17) is 16.3 Å². The molecule has 0 saturated heterocycles. The minimum atomic E-state index is -3.32. The number of hydrogen-bond donors (Lipinski definition) is 1. The fraction of sp³-hybridized carbons (Fsp3) is 0.500. The molecule has 1 N–H and O–H groups in total. The Labute approximate surface area is 130 Å². The predicted octanol–water partition coefficient (Wildman–Crippen LogP) is 2.18. The summed E-state index contributed by atoms with van der Waals surface area (Å²) in [4.78, 5) is 11.4. The van der Waals surface area contributed by atoms with Gasteiger partial charge in [-0.25, -0.2) is 8.42 Å². The van der Waals surface area contributed by atoms with Crippen molar-refractivity contribution in [1.82, 2.24) is 5.32 Å². The Morgan fingerprint density at radius 1 is 1.38 bits per heavy atom. The number of ether oxygens (including phenoxy) is 1. The second-order valence-corrected chi connectivity index (χ2v) is 6.97. The molecule has 1 aromatic rings. The van der Waals surface area contributed by atoms with Gasteiger partial charge in [-0.05, 0) is 32.0 Å². The number of halogens is 1. The van der Waals surface area contributed by atoms with Gasteiger partial charge in [-0.15, -0.1) is 0 Å². The fourth-order valence-electron chi connectivity index (χ4n) is 1.86. The maximum absolute atomic E-state index is 11.7. The molecule has 0 aliphatic rings. The Kier molecular flexibility index (Phi) is 7.14. The third kappa shape index (κ3) is 6.03. The molecule has 0 spiro atoms. The van der Waals surface area contributed by atoms with Crippen molar-refractivity contribution in [3.63, 3.8) is 0 Å². The zero-order valence-electron chi connectivity index (χ0n) is 12.2. The summed E-state index contributed by atoms with van der Waals surface area (Å²) in [6.07, 6.45) is 2.11. The molecule has 0 radical (unpaired) electrons. The van der Waals surface area contributed by atoms with Crippen LogP contribution in [0.3, 0.4) is 0 Å². The number of carbonyl (C=O) groups excluding carboxylic acids is 1. The van der Waals surface area contributed by atoms with Crippen LogP contribution in [0, 0.1) is 0 Å². The zero-order chi connectivity index (χ0) is 15.9. The second kappa shape index (κ2) is 8.36. The molecule has 0 unspecified atom stereocenters. The van der Waals surface area contributed by atoms with Crippen LogP contribution in [0.2, 0.25) is 5.02 Å². The molecule has 0 aliphatic carbocycles. The van der Waals surface area contributed by atoms with Crippen LogP contribution in [0.25, 0.3) is 0 Å². The SMILES string of the molecule is CCOC(=O)CCCNCc1c(Cl)cccc1S(C)(=O)=O. The van der Waals surface area contributed by atoms with Gasteiger partial charge in [0.15, 0.2) is 9.84 Å². The highest BCUT2D eigenvalue weighted by Gasteiger charge is 2.15. The molecule has 0 heterocycles. The molecule has 1 aromatic carbocycles. The summed E-state index contributed by atoms with van der Waals surface area (Å²) in [5.74, 6) is -0.228. The van der Waals surface area contributed by atoms with Crippen molar-refractivity contribution >= 4 is 27.4 Å². The Morgan fingerprint density at radius 3 is 2.71 bits per heavy atom. The van der Waals surface area contributed by atoms with Gasteiger partial charge in [0.25, 0.3) is 0 Å². The summed E-state index contributed by atoms with van der Waals surface area (Å²) in [7, 11) is -3.32. The number of carbonyl (C=O) groups is 1. The lowest BCUT2D eigenvalue weighted by Gasteiger charge is -2.11. The number of sulfone groups is 1. The zero-order valence-corrected chi connectivity index (χ0v) is 13.8. The van der Waals surface area contributed by atoms with Crippen molar-refractivity contribution in [2.45, 2.75) is 31.2 Å². The van der Waals surface area contributed by atoms with E-state index in [1.807, 2.05) is 0 Å². The van der Waals surface area contributed by atoms with E-state index < -0.39 is 9.84 Å². The highest BCUT2D eigenvalue weighted by molar-refractivity contribution is 7.90. The predicted molar refractivity (Wildman–Crippen MR) is 82.1 cm³/mol. The van der Waals surface area contributed by atoms with Crippen molar-refractivity contribution in [3.8, 4) is 0 Å². The number of nitrogens with one attached hydrogen (secondary N) is 1. The fourth-order valence-corrected chi connectivity index (χ4v) is 3.11. The van der Waals surface area contributed by atoms with Crippen molar-refractivity contribution in [2.24, 2.45) is 0 Å². The highest BCUT2D eigenvalue weighted by atomic mass is 35.5. The first-order valence-electron chi connectivity index (χ1n) is 6.70. The summed E-state index contributed by atoms with van der Waals surface area (Å²) >= 11 is 6.06. The van der Waals surface area contributed by atoms with Gasteiger partial charge in [-0.3, -0.25) is 4.79 Å². The minimum absolute atomic E-state index is 0.228. The van der Waals surface area contributed by atoms with Gasteiger partial charge in [-0.2, -0.15) is 0 Å². The molecule has 21 heavy (non-hydrogen) atoms. The van der Waals surface area contributed by atoms with E-state index in [1.165, 1.54) is 6.07 Å². The van der Waals surface area contributed by atoms with Gasteiger partial charge in [0.2, 0.25) is 0 Å². The van der Waals surface area contributed by atoms with Gasteiger partial charge in [0.1, 0.15) is 0 Å². The first-order chi connectivity index (χ1) is 9.86. The van der Waals surface area contributed by atoms with E-state index in [0.29, 0.717) is 43.1 Å². The number of benzene rings is 1. The van der Waals surface area contributed by atoms with E-state index in [-0.39, 0.29) is 10.9 Å². The van der Waals surface area contributed by atoms with Crippen molar-refractivity contribution in [3.05, 3.63) is 28.8 Å². The lowest BCUT2D eigenvalue weighted by molar-refractivity contribution is -0.143. The Bertz CT molecular complexity index is 587. The van der Waals surface area contributed by atoms with Gasteiger partial charge < -0.3 is 10.1 Å². The molecule has 0 atom stereocenters. The molecule has 1 rings (SSSR count). The van der Waals surface area contributed by atoms with Crippen LogP contribution < -0.4 is 5.32 Å². The minimum Gasteiger partial charge on any atom is -0.466 e. The van der Waals surface area contributed by atoms with E-state index in [0.717, 1.165) is 6.26 Å². The van der Waals surface area contributed by atoms with Crippen LogP contribution in [0.5, 0.6) is 0 Å². The first kappa shape index (κ1) is 17.9. The number of esters is 1. The summed E-state index contributed by atoms with van der Waals surface area (Å²) in [5.41, 5.74) is 0.554. The van der Waals surface area contributed by atoms with Crippen molar-refractivity contribution < 1.29 is 17.9 Å². The van der Waals surface area contributed by atoms with Gasteiger partial charge >= 0.3 is 5.97 Å². The van der Waals surface area contributed by atoms with E-state index in [2.05, 4.69) is 5.32 Å². The van der Waals surface area contributed by atoms with Crippen LogP contribution in [0.4, 0.5) is 0 Å². The molecule has 0 fully saturated rings. The largest absolute Gasteiger partial charge is 0.466 e. The topological polar surface area (TPSA) is 72.5 Å². The van der Waals surface area contributed by atoms with Crippen LogP contribution in [-0.4, -0.2) is 33.8 Å². The lowest BCUT2D eigenvalue weighted by atomic mass is 10.2. The maximum atomic E-state index is 11.7. The van der Waals surface area contributed by atoms with E-state index in [1.54, 1.807) is 19.1 Å². The van der Waals surface area contributed by atoms with E-state index >= 15 is 0 Å². The second-order valence-electron chi connectivity index (χ2n) is 4.57. The lowest BCUT2D eigenvalue weighted by Crippen LogP contribution is -2.18. The quantitative estimate of drug-likeness (QED) is 0.583. The van der Waals surface area contributed by atoms with Gasteiger partial charge in [0.05, 0.1) is 11.5 Å². The Morgan fingerprint density at radius 2 is 2.10 bits per heavy atom. The molecule has 7 heteroatoms. The standard InChI is InChI=1S/C14H20ClNO4S/c1-3-20-14(17)8-5-9-16-10-11-12(15)6-4-7-13(11)21(2,18)19/h4,6-7,16H,3,5,8-10H2,1-2H3. The highest BCUT2D eigenvalue weighted by Crippen LogP contribution is 2.23. The monoisotopic (exact) mass is 333 g/mol. The molecule has 0 amide bonds. The van der Waals surface area contributed by atoms with Crippen LogP contribution in [-0.2, 0) is 25.9 Å². The van der Waals surface area contributed by atoms with E-state index in [9.17, 15) is 13.2 Å². The molecule has 118 valence electrons. The average Bonchev–Trinajstić information content (AvgIpc) is 2.39. The van der Waals surface area contributed by atoms with Gasteiger partial charge in [0, 0.05) is 29.8 Å². The number of hydrogen-bond acceptors (Lipinski definition) is 5. The maximum Gasteiger partial charge on any atom is 0.305 e.